The molecule has 0 aliphatic rings. The van der Waals surface area contributed by atoms with Crippen molar-refractivity contribution in [1.29, 1.82) is 0 Å². The average molecular weight is 319 g/mol. The van der Waals surface area contributed by atoms with E-state index >= 15 is 0 Å². The van der Waals surface area contributed by atoms with E-state index in [4.69, 9.17) is 5.11 Å². The summed E-state index contributed by atoms with van der Waals surface area (Å²) in [5.74, 6) is -2.30. The van der Waals surface area contributed by atoms with Crippen LogP contribution in [0.4, 0.5) is 0 Å². The second kappa shape index (κ2) is 6.72. The Hall–Kier alpha value is -2.18. The molecule has 2 aromatic rings. The lowest BCUT2D eigenvalue weighted by Gasteiger charge is -2.28. The van der Waals surface area contributed by atoms with Crippen molar-refractivity contribution in [2.45, 2.75) is 6.04 Å². The molecule has 6 heteroatoms. The lowest BCUT2D eigenvalue weighted by Crippen LogP contribution is -2.35. The molecule has 0 unspecified atom stereocenters. The smallest absolute Gasteiger partial charge is 0.320 e. The lowest BCUT2D eigenvalue weighted by molar-refractivity contribution is -0.134. The Morgan fingerprint density at radius 2 is 1.41 bits per heavy atom. The molecule has 0 spiro atoms. The van der Waals surface area contributed by atoms with Crippen LogP contribution in [0.5, 0.6) is 0 Å². The molecule has 2 aromatic carbocycles. The first-order valence-electron chi connectivity index (χ1n) is 6.69. The van der Waals surface area contributed by atoms with Crippen LogP contribution in [0.25, 0.3) is 0 Å². The Kier molecular flexibility index (Phi) is 4.95. The fourth-order valence-electron chi connectivity index (χ4n) is 2.30. The number of sulfonamides is 1. The summed E-state index contributed by atoms with van der Waals surface area (Å²) in [5, 5.41) is 8.82. The van der Waals surface area contributed by atoms with Gasteiger partial charge in [-0.2, -0.15) is 4.31 Å². The highest BCUT2D eigenvalue weighted by Gasteiger charge is 2.30. The van der Waals surface area contributed by atoms with E-state index in [1.54, 1.807) is 0 Å². The second-order valence-electron chi connectivity index (χ2n) is 4.89. The van der Waals surface area contributed by atoms with Gasteiger partial charge in [0.05, 0.1) is 6.04 Å². The normalized spacial score (nSPS) is 11.8. The van der Waals surface area contributed by atoms with Gasteiger partial charge in [0.1, 0.15) is 0 Å². The van der Waals surface area contributed by atoms with Crippen LogP contribution in [0, 0.1) is 0 Å². The highest BCUT2D eigenvalue weighted by Crippen LogP contribution is 2.29. The Morgan fingerprint density at radius 3 is 1.77 bits per heavy atom. The van der Waals surface area contributed by atoms with Gasteiger partial charge in [0.2, 0.25) is 10.0 Å². The van der Waals surface area contributed by atoms with Crippen LogP contribution in [0.1, 0.15) is 17.2 Å². The van der Waals surface area contributed by atoms with Gasteiger partial charge < -0.3 is 5.11 Å². The maximum atomic E-state index is 12.3. The van der Waals surface area contributed by atoms with Gasteiger partial charge in [-0.3, -0.25) is 4.79 Å². The lowest BCUT2D eigenvalue weighted by atomic mass is 9.99. The van der Waals surface area contributed by atoms with Crippen molar-refractivity contribution >= 4 is 16.0 Å². The van der Waals surface area contributed by atoms with E-state index in [1.807, 2.05) is 60.7 Å². The van der Waals surface area contributed by atoms with E-state index in [-0.39, 0.29) is 0 Å². The summed E-state index contributed by atoms with van der Waals surface area (Å²) in [4.78, 5) is 10.8. The van der Waals surface area contributed by atoms with Gasteiger partial charge in [0, 0.05) is 7.05 Å². The summed E-state index contributed by atoms with van der Waals surface area (Å²) in [6.45, 7) is 0. The van der Waals surface area contributed by atoms with Crippen molar-refractivity contribution in [2.24, 2.45) is 0 Å². The van der Waals surface area contributed by atoms with Gasteiger partial charge in [0.15, 0.2) is 5.75 Å². The van der Waals surface area contributed by atoms with Crippen LogP contribution in [0.3, 0.4) is 0 Å². The van der Waals surface area contributed by atoms with Crippen LogP contribution in [-0.2, 0) is 14.8 Å². The van der Waals surface area contributed by atoms with Crippen molar-refractivity contribution in [3.63, 3.8) is 0 Å². The van der Waals surface area contributed by atoms with Crippen molar-refractivity contribution < 1.29 is 18.3 Å². The number of carboxylic acids is 1. The highest BCUT2D eigenvalue weighted by atomic mass is 32.2. The molecule has 0 aliphatic heterocycles. The Balaban J connectivity index is 2.48. The number of carbonyl (C=O) groups is 1. The molecule has 0 bridgehead atoms. The number of carboxylic acid groups (broad SMARTS) is 1. The zero-order valence-electron chi connectivity index (χ0n) is 12.1. The summed E-state index contributed by atoms with van der Waals surface area (Å²) < 4.78 is 25.7. The molecule has 1 N–H and O–H groups in total. The van der Waals surface area contributed by atoms with Gasteiger partial charge in [-0.1, -0.05) is 60.7 Å². The molecule has 0 aliphatic carbocycles. The van der Waals surface area contributed by atoms with Crippen molar-refractivity contribution in [3.05, 3.63) is 71.8 Å². The van der Waals surface area contributed by atoms with Crippen molar-refractivity contribution in [1.82, 2.24) is 4.31 Å². The number of hydrogen-bond acceptors (Lipinski definition) is 3. The minimum atomic E-state index is -3.92. The Bertz CT molecular complexity index is 690. The molecule has 0 heterocycles. The first-order valence-corrected chi connectivity index (χ1v) is 8.30. The molecule has 0 atom stereocenters. The first kappa shape index (κ1) is 16.2. The summed E-state index contributed by atoms with van der Waals surface area (Å²) in [7, 11) is -2.52. The van der Waals surface area contributed by atoms with Gasteiger partial charge in [-0.25, -0.2) is 8.42 Å². The highest BCUT2D eigenvalue weighted by molar-refractivity contribution is 7.89. The molecule has 116 valence electrons. The molecule has 0 aromatic heterocycles. The molecule has 0 radical (unpaired) electrons. The number of aliphatic carboxylic acids is 1. The van der Waals surface area contributed by atoms with Crippen LogP contribution < -0.4 is 0 Å². The third-order valence-electron chi connectivity index (χ3n) is 3.34. The molecule has 5 nitrogen and oxygen atoms in total. The molecule has 2 rings (SSSR count). The van der Waals surface area contributed by atoms with Crippen molar-refractivity contribution in [2.75, 3.05) is 12.8 Å². The zero-order valence-corrected chi connectivity index (χ0v) is 12.9. The Morgan fingerprint density at radius 1 is 1.00 bits per heavy atom. The maximum Gasteiger partial charge on any atom is 0.320 e. The largest absolute Gasteiger partial charge is 0.480 e. The van der Waals surface area contributed by atoms with E-state index in [0.29, 0.717) is 0 Å². The third-order valence-corrected chi connectivity index (χ3v) is 5.04. The molecule has 0 saturated heterocycles. The zero-order chi connectivity index (χ0) is 16.2. The molecule has 0 fully saturated rings. The van der Waals surface area contributed by atoms with Crippen LogP contribution >= 0.6 is 0 Å². The van der Waals surface area contributed by atoms with Crippen molar-refractivity contribution in [3.8, 4) is 0 Å². The summed E-state index contributed by atoms with van der Waals surface area (Å²) >= 11 is 0. The van der Waals surface area contributed by atoms with E-state index in [9.17, 15) is 13.2 Å². The maximum absolute atomic E-state index is 12.3. The minimum absolute atomic E-state index is 0.563. The predicted molar refractivity (Wildman–Crippen MR) is 83.9 cm³/mol. The SMILES string of the molecule is CN(C(c1ccccc1)c1ccccc1)S(=O)(=O)CC(=O)O. The van der Waals surface area contributed by atoms with Gasteiger partial charge in [-0.05, 0) is 11.1 Å². The summed E-state index contributed by atoms with van der Waals surface area (Å²) in [6, 6.07) is 17.7. The van der Waals surface area contributed by atoms with E-state index in [1.165, 1.54) is 7.05 Å². The number of nitrogens with zero attached hydrogens (tertiary/aromatic N) is 1. The average Bonchev–Trinajstić information content (AvgIpc) is 2.48. The van der Waals surface area contributed by atoms with E-state index in [2.05, 4.69) is 0 Å². The molecule has 22 heavy (non-hydrogen) atoms. The van der Waals surface area contributed by atoms with E-state index in [0.717, 1.165) is 15.4 Å². The molecular formula is C16H17NO4S. The number of hydrogen-bond donors (Lipinski definition) is 1. The second-order valence-corrected chi connectivity index (χ2v) is 6.92. The van der Waals surface area contributed by atoms with Crippen LogP contribution in [0.15, 0.2) is 60.7 Å². The monoisotopic (exact) mass is 319 g/mol. The van der Waals surface area contributed by atoms with Gasteiger partial charge in [0.25, 0.3) is 0 Å². The van der Waals surface area contributed by atoms with E-state index < -0.39 is 27.8 Å². The van der Waals surface area contributed by atoms with Gasteiger partial charge >= 0.3 is 5.97 Å². The topological polar surface area (TPSA) is 74.7 Å². The minimum Gasteiger partial charge on any atom is -0.480 e. The molecule has 0 amide bonds. The summed E-state index contributed by atoms with van der Waals surface area (Å²) in [5.41, 5.74) is 1.57. The first-order chi connectivity index (χ1) is 10.4. The quantitative estimate of drug-likeness (QED) is 0.885. The fourth-order valence-corrected chi connectivity index (χ4v) is 3.38. The van der Waals surface area contributed by atoms with Gasteiger partial charge in [-0.15, -0.1) is 0 Å². The predicted octanol–water partition coefficient (Wildman–Crippen LogP) is 2.12. The number of rotatable bonds is 6. The molecular weight excluding hydrogens is 302 g/mol. The number of benzene rings is 2. The molecule has 0 saturated carbocycles. The van der Waals surface area contributed by atoms with Crippen LogP contribution in [-0.4, -0.2) is 36.6 Å². The fraction of sp³-hybridized carbons (Fsp3) is 0.188. The Labute approximate surface area is 129 Å². The third kappa shape index (κ3) is 3.72. The standard InChI is InChI=1S/C16H17NO4S/c1-17(22(20,21)12-15(18)19)16(13-8-4-2-5-9-13)14-10-6-3-7-11-14/h2-11,16H,12H2,1H3,(H,18,19). The van der Waals surface area contributed by atoms with Crippen LogP contribution in [0.2, 0.25) is 0 Å². The summed E-state index contributed by atoms with van der Waals surface area (Å²) in [6.07, 6.45) is 0.